The van der Waals surface area contributed by atoms with Gasteiger partial charge in [0.25, 0.3) is 0 Å². The van der Waals surface area contributed by atoms with Crippen molar-refractivity contribution in [2.24, 2.45) is 0 Å². The van der Waals surface area contributed by atoms with Crippen LogP contribution in [0.5, 0.6) is 11.5 Å². The highest BCUT2D eigenvalue weighted by atomic mass is 16.5. The van der Waals surface area contributed by atoms with Gasteiger partial charge in [0, 0.05) is 5.92 Å². The Labute approximate surface area is 134 Å². The Hall–Kier alpha value is -2.53. The van der Waals surface area contributed by atoms with Gasteiger partial charge in [-0.1, -0.05) is 37.3 Å². The lowest BCUT2D eigenvalue weighted by atomic mass is 9.84. The Morgan fingerprint density at radius 3 is 2.39 bits per heavy atom. The van der Waals surface area contributed by atoms with Gasteiger partial charge in [-0.05, 0) is 35.2 Å². The van der Waals surface area contributed by atoms with Crippen LogP contribution in [0.4, 0.5) is 0 Å². The van der Waals surface area contributed by atoms with Crippen molar-refractivity contribution in [2.75, 3.05) is 7.11 Å². The molecule has 2 aromatic rings. The molecule has 0 heterocycles. The second-order valence-corrected chi connectivity index (χ2v) is 5.26. The van der Waals surface area contributed by atoms with Gasteiger partial charge >= 0.3 is 5.97 Å². The fraction of sp³-hybridized carbons (Fsp3) is 0.278. The zero-order chi connectivity index (χ0) is 17.0. The van der Waals surface area contributed by atoms with E-state index >= 15 is 0 Å². The molecule has 3 N–H and O–H groups in total. The summed E-state index contributed by atoms with van der Waals surface area (Å²) in [6, 6.07) is 12.0. The summed E-state index contributed by atoms with van der Waals surface area (Å²) >= 11 is 0. The van der Waals surface area contributed by atoms with Crippen LogP contribution in [0, 0.1) is 0 Å². The maximum Gasteiger partial charge on any atom is 0.337 e. The third-order valence-electron chi connectivity index (χ3n) is 3.91. The molecule has 0 saturated heterocycles. The highest BCUT2D eigenvalue weighted by Gasteiger charge is 2.24. The van der Waals surface area contributed by atoms with Crippen LogP contribution in [0.1, 0.15) is 42.1 Å². The zero-order valence-electron chi connectivity index (χ0n) is 13.1. The lowest BCUT2D eigenvalue weighted by molar-refractivity contribution is -0.147. The van der Waals surface area contributed by atoms with Crippen molar-refractivity contribution in [1.82, 2.24) is 0 Å². The highest BCUT2D eigenvalue weighted by molar-refractivity contribution is 5.74. The van der Waals surface area contributed by atoms with E-state index in [1.165, 1.54) is 7.11 Å². The predicted octanol–water partition coefficient (Wildman–Crippen LogP) is 3.06. The quantitative estimate of drug-likeness (QED) is 0.762. The number of phenolic OH excluding ortho intramolecular Hbond substituents is 1. The van der Waals surface area contributed by atoms with E-state index in [9.17, 15) is 15.0 Å². The molecule has 0 aliphatic rings. The zero-order valence-corrected chi connectivity index (χ0v) is 13.1. The summed E-state index contributed by atoms with van der Waals surface area (Å²) in [5.41, 5.74) is 2.00. The van der Waals surface area contributed by atoms with E-state index in [1.54, 1.807) is 30.3 Å². The fourth-order valence-electron chi connectivity index (χ4n) is 2.76. The number of aliphatic carboxylic acids is 1. The van der Waals surface area contributed by atoms with Gasteiger partial charge in [-0.15, -0.1) is 0 Å². The third kappa shape index (κ3) is 3.46. The Morgan fingerprint density at radius 1 is 1.17 bits per heavy atom. The van der Waals surface area contributed by atoms with Crippen LogP contribution in [0.15, 0.2) is 42.5 Å². The van der Waals surface area contributed by atoms with Crippen LogP contribution in [0.25, 0.3) is 0 Å². The topological polar surface area (TPSA) is 87.0 Å². The molecular formula is C18H20O5. The first-order valence-corrected chi connectivity index (χ1v) is 7.36. The molecule has 0 fully saturated rings. The first-order valence-electron chi connectivity index (χ1n) is 7.36. The first-order chi connectivity index (χ1) is 11.0. The van der Waals surface area contributed by atoms with Gasteiger partial charge in [0.2, 0.25) is 0 Å². The molecule has 0 saturated carbocycles. The van der Waals surface area contributed by atoms with E-state index in [0.717, 1.165) is 11.1 Å². The third-order valence-corrected chi connectivity index (χ3v) is 3.91. The predicted molar refractivity (Wildman–Crippen MR) is 85.8 cm³/mol. The molecule has 5 nitrogen and oxygen atoms in total. The average molecular weight is 316 g/mol. The van der Waals surface area contributed by atoms with Gasteiger partial charge in [0.1, 0.15) is 0 Å². The molecule has 5 heteroatoms. The molecular weight excluding hydrogens is 296 g/mol. The number of aliphatic hydroxyl groups is 1. The number of carboxylic acids is 1. The highest BCUT2D eigenvalue weighted by Crippen LogP contribution is 2.36. The molecule has 2 aromatic carbocycles. The molecule has 0 aliphatic heterocycles. The van der Waals surface area contributed by atoms with Crippen LogP contribution >= 0.6 is 0 Å². The molecule has 0 aromatic heterocycles. The van der Waals surface area contributed by atoms with Crippen molar-refractivity contribution in [1.29, 1.82) is 0 Å². The maximum absolute atomic E-state index is 11.1. The second-order valence-electron chi connectivity index (χ2n) is 5.26. The molecule has 122 valence electrons. The Balaban J connectivity index is 2.52. The number of hydrogen-bond acceptors (Lipinski definition) is 4. The molecule has 0 bridgehead atoms. The van der Waals surface area contributed by atoms with Crippen molar-refractivity contribution in [3.63, 3.8) is 0 Å². The lowest BCUT2D eigenvalue weighted by Gasteiger charge is -2.21. The Kier molecular flexibility index (Phi) is 5.24. The fourth-order valence-corrected chi connectivity index (χ4v) is 2.76. The van der Waals surface area contributed by atoms with Gasteiger partial charge in [-0.25, -0.2) is 4.79 Å². The Morgan fingerprint density at radius 2 is 1.83 bits per heavy atom. The molecule has 2 rings (SSSR count). The van der Waals surface area contributed by atoms with Crippen LogP contribution in [0.3, 0.4) is 0 Å². The van der Waals surface area contributed by atoms with Crippen molar-refractivity contribution >= 4 is 5.97 Å². The van der Waals surface area contributed by atoms with Gasteiger partial charge in [0.05, 0.1) is 7.11 Å². The lowest BCUT2D eigenvalue weighted by Crippen LogP contribution is -2.14. The number of carbonyl (C=O) groups is 1. The standard InChI is InChI=1S/C18H20O5/c1-3-12(11-8-9-15(19)16(10-11)23-2)13-6-4-5-7-14(13)17(20)18(21)22/h4-10,12,17,19-20H,3H2,1-2H3,(H,21,22). The molecule has 0 amide bonds. The van der Waals surface area contributed by atoms with Crippen molar-refractivity contribution < 1.29 is 24.9 Å². The van der Waals surface area contributed by atoms with Crippen LogP contribution in [0.2, 0.25) is 0 Å². The number of benzene rings is 2. The van der Waals surface area contributed by atoms with E-state index in [-0.39, 0.29) is 11.7 Å². The first kappa shape index (κ1) is 16.8. The van der Waals surface area contributed by atoms with Gasteiger partial charge < -0.3 is 20.1 Å². The number of carboxylic acid groups (broad SMARTS) is 1. The van der Waals surface area contributed by atoms with Gasteiger partial charge in [0.15, 0.2) is 17.6 Å². The van der Waals surface area contributed by atoms with Crippen LogP contribution in [-0.2, 0) is 4.79 Å². The SMILES string of the molecule is CCC(c1ccc(O)c(OC)c1)c1ccccc1C(O)C(=O)O. The van der Waals surface area contributed by atoms with Gasteiger partial charge in [-0.3, -0.25) is 0 Å². The summed E-state index contributed by atoms with van der Waals surface area (Å²) in [7, 11) is 1.47. The molecule has 0 spiro atoms. The number of aliphatic hydroxyl groups excluding tert-OH is 1. The van der Waals surface area contributed by atoms with Crippen molar-refractivity contribution in [2.45, 2.75) is 25.4 Å². The summed E-state index contributed by atoms with van der Waals surface area (Å²) in [6.45, 7) is 1.98. The summed E-state index contributed by atoms with van der Waals surface area (Å²) in [5, 5.41) is 28.8. The summed E-state index contributed by atoms with van der Waals surface area (Å²) in [6.07, 6.45) is -0.864. The number of aromatic hydroxyl groups is 1. The van der Waals surface area contributed by atoms with Crippen molar-refractivity contribution in [3.05, 3.63) is 59.2 Å². The molecule has 0 aliphatic carbocycles. The number of ether oxygens (including phenoxy) is 1. The normalized spacial score (nSPS) is 13.3. The van der Waals surface area contributed by atoms with E-state index < -0.39 is 12.1 Å². The van der Waals surface area contributed by atoms with Gasteiger partial charge in [-0.2, -0.15) is 0 Å². The molecule has 0 radical (unpaired) electrons. The largest absolute Gasteiger partial charge is 0.504 e. The minimum Gasteiger partial charge on any atom is -0.504 e. The maximum atomic E-state index is 11.1. The minimum absolute atomic E-state index is 0.0463. The summed E-state index contributed by atoms with van der Waals surface area (Å²) in [4.78, 5) is 11.1. The number of phenols is 1. The second kappa shape index (κ2) is 7.15. The molecule has 2 atom stereocenters. The van der Waals surface area contributed by atoms with E-state index in [1.807, 2.05) is 19.1 Å². The van der Waals surface area contributed by atoms with E-state index in [2.05, 4.69) is 0 Å². The monoisotopic (exact) mass is 316 g/mol. The number of rotatable bonds is 6. The van der Waals surface area contributed by atoms with Crippen molar-refractivity contribution in [3.8, 4) is 11.5 Å². The van der Waals surface area contributed by atoms with Crippen LogP contribution < -0.4 is 4.74 Å². The molecule has 2 unspecified atom stereocenters. The summed E-state index contributed by atoms with van der Waals surface area (Å²) in [5.74, 6) is -0.993. The smallest absolute Gasteiger partial charge is 0.337 e. The molecule has 23 heavy (non-hydrogen) atoms. The van der Waals surface area contributed by atoms with E-state index in [0.29, 0.717) is 17.7 Å². The number of hydrogen-bond donors (Lipinski definition) is 3. The van der Waals surface area contributed by atoms with Crippen LogP contribution in [-0.4, -0.2) is 28.4 Å². The Bertz CT molecular complexity index is 696. The van der Waals surface area contributed by atoms with E-state index in [4.69, 9.17) is 9.84 Å². The minimum atomic E-state index is -1.57. The number of methoxy groups -OCH3 is 1. The average Bonchev–Trinajstić information content (AvgIpc) is 2.56. The summed E-state index contributed by atoms with van der Waals surface area (Å²) < 4.78 is 5.14.